The van der Waals surface area contributed by atoms with Crippen LogP contribution in [-0.2, 0) is 12.1 Å². The van der Waals surface area contributed by atoms with Crippen molar-refractivity contribution in [1.29, 1.82) is 0 Å². The minimum Gasteiger partial charge on any atom is -0.404 e. The monoisotopic (exact) mass is 456 g/mol. The minimum absolute atomic E-state index is 0.519. The molecule has 3 aliphatic heterocycles. The number of hydrogen-bond acceptors (Lipinski definition) is 1. The Hall–Kier alpha value is -3.81. The van der Waals surface area contributed by atoms with E-state index in [0.717, 1.165) is 18.1 Å². The Balaban J connectivity index is 1.61. The van der Waals surface area contributed by atoms with E-state index in [2.05, 4.69) is 125 Å². The SMILES string of the molecule is c1ccc(P2c3cccc4c3C3(c5c(cccc52)Oc2cccc[n+]23)[n+]2ccccc2C4)cc1. The van der Waals surface area contributed by atoms with Crippen molar-refractivity contribution in [2.45, 2.75) is 12.1 Å². The zero-order chi connectivity index (χ0) is 22.3. The molecule has 34 heavy (non-hydrogen) atoms. The van der Waals surface area contributed by atoms with E-state index in [0.29, 0.717) is 0 Å². The predicted octanol–water partition coefficient (Wildman–Crippen LogP) is 3.64. The van der Waals surface area contributed by atoms with Gasteiger partial charge in [0.1, 0.15) is 5.56 Å². The highest BCUT2D eigenvalue weighted by Gasteiger charge is 2.67. The Morgan fingerprint density at radius 1 is 0.647 bits per heavy atom. The summed E-state index contributed by atoms with van der Waals surface area (Å²) < 4.78 is 11.4. The molecule has 160 valence electrons. The molecule has 0 radical (unpaired) electrons. The van der Waals surface area contributed by atoms with Crippen molar-refractivity contribution in [3.63, 3.8) is 0 Å². The van der Waals surface area contributed by atoms with Crippen LogP contribution in [0.2, 0.25) is 0 Å². The van der Waals surface area contributed by atoms with Gasteiger partial charge in [-0.3, -0.25) is 0 Å². The average molecular weight is 456 g/mol. The molecular formula is C30H21N2OP+2. The van der Waals surface area contributed by atoms with E-state index in [1.54, 1.807) is 0 Å². The predicted molar refractivity (Wildman–Crippen MR) is 133 cm³/mol. The van der Waals surface area contributed by atoms with Gasteiger partial charge in [0.2, 0.25) is 0 Å². The second-order valence-corrected chi connectivity index (χ2v) is 11.2. The molecule has 4 heteroatoms. The van der Waals surface area contributed by atoms with Gasteiger partial charge in [0.25, 0.3) is 0 Å². The molecule has 8 rings (SSSR count). The van der Waals surface area contributed by atoms with Crippen LogP contribution in [0.5, 0.6) is 11.6 Å². The third kappa shape index (κ3) is 2.16. The van der Waals surface area contributed by atoms with E-state index in [1.165, 1.54) is 38.3 Å². The molecule has 0 fully saturated rings. The second-order valence-electron chi connectivity index (χ2n) is 9.05. The van der Waals surface area contributed by atoms with Crippen LogP contribution in [0.4, 0.5) is 0 Å². The molecule has 2 aromatic heterocycles. The summed E-state index contributed by atoms with van der Waals surface area (Å²) in [5.41, 5.74) is 4.87. The van der Waals surface area contributed by atoms with Crippen molar-refractivity contribution in [3.05, 3.63) is 138 Å². The van der Waals surface area contributed by atoms with Gasteiger partial charge in [-0.25, -0.2) is 0 Å². The molecule has 0 aliphatic carbocycles. The molecule has 5 heterocycles. The Morgan fingerprint density at radius 3 is 2.26 bits per heavy atom. The molecule has 1 spiro atoms. The second kappa shape index (κ2) is 6.62. The highest BCUT2D eigenvalue weighted by molar-refractivity contribution is 7.80. The van der Waals surface area contributed by atoms with E-state index in [9.17, 15) is 0 Å². The van der Waals surface area contributed by atoms with Crippen molar-refractivity contribution < 1.29 is 13.9 Å². The summed E-state index contributed by atoms with van der Waals surface area (Å²) in [7, 11) is -0.718. The van der Waals surface area contributed by atoms with Crippen molar-refractivity contribution in [3.8, 4) is 11.6 Å². The lowest BCUT2D eigenvalue weighted by atomic mass is 9.80. The van der Waals surface area contributed by atoms with Crippen LogP contribution < -0.4 is 29.8 Å². The summed E-state index contributed by atoms with van der Waals surface area (Å²) in [6, 6.07) is 37.4. The summed E-state index contributed by atoms with van der Waals surface area (Å²) in [6.07, 6.45) is 5.35. The number of ether oxygens (including phenoxy) is 1. The van der Waals surface area contributed by atoms with Gasteiger partial charge in [0.05, 0.1) is 12.5 Å². The van der Waals surface area contributed by atoms with E-state index in [4.69, 9.17) is 4.74 Å². The Morgan fingerprint density at radius 2 is 1.38 bits per heavy atom. The fourth-order valence-electron chi connectivity index (χ4n) is 6.20. The molecule has 3 nitrogen and oxygen atoms in total. The maximum absolute atomic E-state index is 6.59. The van der Waals surface area contributed by atoms with Gasteiger partial charge in [-0.2, -0.15) is 0 Å². The smallest absolute Gasteiger partial charge is 0.404 e. The van der Waals surface area contributed by atoms with E-state index < -0.39 is 13.6 Å². The number of hydrogen-bond donors (Lipinski definition) is 0. The molecule has 2 unspecified atom stereocenters. The van der Waals surface area contributed by atoms with Crippen LogP contribution in [-0.4, -0.2) is 0 Å². The van der Waals surface area contributed by atoms with Crippen LogP contribution in [0, 0.1) is 0 Å². The molecule has 0 bridgehead atoms. The zero-order valence-electron chi connectivity index (χ0n) is 18.4. The minimum atomic E-state index is -0.718. The van der Waals surface area contributed by atoms with E-state index in [-0.39, 0.29) is 0 Å². The fourth-order valence-corrected chi connectivity index (χ4v) is 8.97. The van der Waals surface area contributed by atoms with Gasteiger partial charge in [-0.15, -0.1) is 4.57 Å². The van der Waals surface area contributed by atoms with Gasteiger partial charge in [0, 0.05) is 28.8 Å². The third-order valence-electron chi connectivity index (χ3n) is 7.38. The summed E-state index contributed by atoms with van der Waals surface area (Å²) in [5.74, 6) is 1.82. The lowest BCUT2D eigenvalue weighted by Gasteiger charge is -2.41. The molecule has 3 aliphatic rings. The Labute approximate surface area is 199 Å². The summed E-state index contributed by atoms with van der Waals surface area (Å²) in [4.78, 5) is 0. The van der Waals surface area contributed by atoms with Crippen LogP contribution >= 0.6 is 7.92 Å². The van der Waals surface area contributed by atoms with Gasteiger partial charge in [0.15, 0.2) is 29.4 Å². The van der Waals surface area contributed by atoms with E-state index in [1.807, 2.05) is 0 Å². The normalized spacial score (nSPS) is 20.3. The van der Waals surface area contributed by atoms with Crippen molar-refractivity contribution in [1.82, 2.24) is 0 Å². The molecule has 0 saturated carbocycles. The first-order valence-corrected chi connectivity index (χ1v) is 13.0. The summed E-state index contributed by atoms with van der Waals surface area (Å²) >= 11 is 0. The number of fused-ring (bicyclic) bond motifs is 2. The van der Waals surface area contributed by atoms with Gasteiger partial charge in [-0.05, 0) is 30.9 Å². The molecule has 0 saturated heterocycles. The molecular weight excluding hydrogens is 435 g/mol. The topological polar surface area (TPSA) is 17.0 Å². The maximum atomic E-state index is 6.59. The Bertz CT molecular complexity index is 1530. The van der Waals surface area contributed by atoms with Crippen LogP contribution in [0.3, 0.4) is 0 Å². The molecule has 3 aromatic carbocycles. The van der Waals surface area contributed by atoms with Gasteiger partial charge >= 0.3 is 11.5 Å². The largest absolute Gasteiger partial charge is 0.423 e. The first-order valence-electron chi connectivity index (χ1n) is 11.7. The van der Waals surface area contributed by atoms with Crippen molar-refractivity contribution >= 4 is 23.8 Å². The first-order chi connectivity index (χ1) is 16.9. The molecule has 2 atom stereocenters. The van der Waals surface area contributed by atoms with Gasteiger partial charge in [-0.1, -0.05) is 71.3 Å². The standard InChI is InChI=1S/C30H21N2OP/c1-2-12-23(13-3-1)34-25-15-8-10-21-20-22-11-4-6-18-31(22)30(28(21)25)29-24(14-9-16-26(29)34)33-27-17-5-7-19-32(27)30/h1-19H,20H2/q+2. The van der Waals surface area contributed by atoms with Crippen molar-refractivity contribution in [2.24, 2.45) is 0 Å². The quantitative estimate of drug-likeness (QED) is 0.272. The number of benzene rings is 3. The Kier molecular flexibility index (Phi) is 3.62. The first kappa shape index (κ1) is 18.6. The molecule has 0 amide bonds. The van der Waals surface area contributed by atoms with Crippen LogP contribution in [0.15, 0.2) is 116 Å². The lowest BCUT2D eigenvalue weighted by Crippen LogP contribution is -2.80. The summed E-state index contributed by atoms with van der Waals surface area (Å²) in [6.45, 7) is 0. The van der Waals surface area contributed by atoms with Gasteiger partial charge < -0.3 is 4.74 Å². The maximum Gasteiger partial charge on any atom is 0.423 e. The number of pyridine rings is 2. The number of aromatic nitrogens is 2. The van der Waals surface area contributed by atoms with Crippen LogP contribution in [0.25, 0.3) is 0 Å². The van der Waals surface area contributed by atoms with Crippen molar-refractivity contribution in [2.75, 3.05) is 0 Å². The average Bonchev–Trinajstić information content (AvgIpc) is 2.89. The highest BCUT2D eigenvalue weighted by atomic mass is 31.1. The molecule has 5 aromatic rings. The lowest BCUT2D eigenvalue weighted by molar-refractivity contribution is -0.977. The summed E-state index contributed by atoms with van der Waals surface area (Å²) in [5, 5.41) is 4.18. The fraction of sp³-hybridized carbons (Fsp3) is 0.0667. The molecule has 0 N–H and O–H groups in total. The highest BCUT2D eigenvalue weighted by Crippen LogP contribution is 2.51. The van der Waals surface area contributed by atoms with Crippen LogP contribution in [0.1, 0.15) is 22.4 Å². The zero-order valence-corrected chi connectivity index (χ0v) is 19.3. The number of nitrogens with zero attached hydrogens (tertiary/aromatic N) is 2. The number of rotatable bonds is 1. The van der Waals surface area contributed by atoms with E-state index >= 15 is 0 Å². The third-order valence-corrected chi connectivity index (χ3v) is 9.90.